The molecule has 12 heteroatoms. The van der Waals surface area contributed by atoms with Gasteiger partial charge in [-0.2, -0.15) is 0 Å². The van der Waals surface area contributed by atoms with Gasteiger partial charge in [-0.15, -0.1) is 11.3 Å². The van der Waals surface area contributed by atoms with Crippen molar-refractivity contribution in [1.29, 1.82) is 0 Å². The number of sulfonamides is 2. The van der Waals surface area contributed by atoms with Gasteiger partial charge in [-0.3, -0.25) is 14.2 Å². The third-order valence-electron chi connectivity index (χ3n) is 4.82. The van der Waals surface area contributed by atoms with Crippen LogP contribution in [0.5, 0.6) is 0 Å². The summed E-state index contributed by atoms with van der Waals surface area (Å²) in [4.78, 5) is 16.9. The Hall–Kier alpha value is -3.74. The van der Waals surface area contributed by atoms with Crippen molar-refractivity contribution in [3.63, 3.8) is 0 Å². The molecule has 0 bridgehead atoms. The molecule has 0 radical (unpaired) electrons. The zero-order chi connectivity index (χ0) is 25.1. The van der Waals surface area contributed by atoms with E-state index < -0.39 is 26.0 Å². The van der Waals surface area contributed by atoms with E-state index in [0.29, 0.717) is 5.69 Å². The van der Waals surface area contributed by atoms with Crippen molar-refractivity contribution in [1.82, 2.24) is 4.98 Å². The quantitative estimate of drug-likeness (QED) is 0.312. The smallest absolute Gasteiger partial charge is 0.263 e. The molecule has 4 aromatic rings. The van der Waals surface area contributed by atoms with Crippen LogP contribution in [-0.2, 0) is 20.0 Å². The summed E-state index contributed by atoms with van der Waals surface area (Å²) in [7, 11) is -7.74. The first kappa shape index (κ1) is 24.4. The van der Waals surface area contributed by atoms with E-state index in [1.165, 1.54) is 54.7 Å². The van der Waals surface area contributed by atoms with Crippen LogP contribution in [0.2, 0.25) is 0 Å². The summed E-state index contributed by atoms with van der Waals surface area (Å²) in [6, 6.07) is 18.1. The maximum absolute atomic E-state index is 12.9. The molecule has 3 aromatic carbocycles. The lowest BCUT2D eigenvalue weighted by atomic mass is 10.1. The molecule has 35 heavy (non-hydrogen) atoms. The summed E-state index contributed by atoms with van der Waals surface area (Å²) >= 11 is 1.15. The Balaban J connectivity index is 1.50. The number of aryl methyl sites for hydroxylation is 1. The Morgan fingerprint density at radius 1 is 0.800 bits per heavy atom. The van der Waals surface area contributed by atoms with Gasteiger partial charge in [0.15, 0.2) is 5.13 Å². The molecule has 0 aliphatic rings. The van der Waals surface area contributed by atoms with Gasteiger partial charge in [-0.25, -0.2) is 21.8 Å². The van der Waals surface area contributed by atoms with E-state index in [9.17, 15) is 21.6 Å². The molecule has 0 saturated carbocycles. The number of hydrogen-bond donors (Lipinski definition) is 3. The standard InChI is InChI=1S/C23H20N4O5S3/c1-16-6-10-18(11-7-16)34(29,30)26-21-5-3-2-4-20(21)22(28)25-17-8-12-19(13-9-17)35(31,32)27-23-24-14-15-33-23/h2-15,26H,1H3,(H,24,27)(H,25,28). The average Bonchev–Trinajstić information content (AvgIpc) is 3.32. The van der Waals surface area contributed by atoms with Crippen LogP contribution >= 0.6 is 11.3 Å². The van der Waals surface area contributed by atoms with Crippen molar-refractivity contribution in [2.45, 2.75) is 16.7 Å². The van der Waals surface area contributed by atoms with Crippen molar-refractivity contribution < 1.29 is 21.6 Å². The van der Waals surface area contributed by atoms with E-state index >= 15 is 0 Å². The molecule has 0 aliphatic heterocycles. The number of amides is 1. The van der Waals surface area contributed by atoms with E-state index in [4.69, 9.17) is 0 Å². The number of anilines is 3. The molecule has 0 saturated heterocycles. The van der Waals surface area contributed by atoms with Crippen molar-refractivity contribution in [3.8, 4) is 0 Å². The largest absolute Gasteiger partial charge is 0.322 e. The summed E-state index contributed by atoms with van der Waals surface area (Å²) in [5.41, 5.74) is 1.46. The van der Waals surface area contributed by atoms with Crippen LogP contribution in [0.1, 0.15) is 15.9 Å². The van der Waals surface area contributed by atoms with Crippen LogP contribution in [0.3, 0.4) is 0 Å². The number of nitrogens with one attached hydrogen (secondary N) is 3. The maximum Gasteiger partial charge on any atom is 0.263 e. The predicted molar refractivity (Wildman–Crippen MR) is 136 cm³/mol. The van der Waals surface area contributed by atoms with Crippen molar-refractivity contribution in [2.75, 3.05) is 14.8 Å². The first-order valence-electron chi connectivity index (χ1n) is 10.2. The predicted octanol–water partition coefficient (Wildman–Crippen LogP) is 4.31. The highest BCUT2D eigenvalue weighted by Crippen LogP contribution is 2.23. The van der Waals surface area contributed by atoms with Gasteiger partial charge in [-0.1, -0.05) is 29.8 Å². The van der Waals surface area contributed by atoms with Crippen LogP contribution in [0.4, 0.5) is 16.5 Å². The Kier molecular flexibility index (Phi) is 6.87. The van der Waals surface area contributed by atoms with Gasteiger partial charge in [0.05, 0.1) is 21.0 Å². The Morgan fingerprint density at radius 2 is 1.40 bits per heavy atom. The van der Waals surface area contributed by atoms with Crippen LogP contribution in [0.25, 0.3) is 0 Å². The summed E-state index contributed by atoms with van der Waals surface area (Å²) in [5, 5.41) is 4.55. The van der Waals surface area contributed by atoms with E-state index in [1.807, 2.05) is 6.92 Å². The van der Waals surface area contributed by atoms with Crippen LogP contribution in [0, 0.1) is 6.92 Å². The second-order valence-corrected chi connectivity index (χ2v) is 11.6. The van der Waals surface area contributed by atoms with Gasteiger partial charge in [0, 0.05) is 17.3 Å². The number of nitrogens with zero attached hydrogens (tertiary/aromatic N) is 1. The summed E-state index contributed by atoms with van der Waals surface area (Å²) in [5.74, 6) is -0.566. The SMILES string of the molecule is Cc1ccc(S(=O)(=O)Nc2ccccc2C(=O)Nc2ccc(S(=O)(=O)Nc3nccs3)cc2)cc1. The fraction of sp³-hybridized carbons (Fsp3) is 0.0435. The lowest BCUT2D eigenvalue weighted by Crippen LogP contribution is -2.18. The minimum atomic E-state index is -3.91. The summed E-state index contributed by atoms with van der Waals surface area (Å²) < 4.78 is 55.3. The highest BCUT2D eigenvalue weighted by atomic mass is 32.2. The van der Waals surface area contributed by atoms with E-state index in [-0.39, 0.29) is 26.2 Å². The van der Waals surface area contributed by atoms with Gasteiger partial charge < -0.3 is 5.32 Å². The van der Waals surface area contributed by atoms with E-state index in [2.05, 4.69) is 19.7 Å². The zero-order valence-electron chi connectivity index (χ0n) is 18.3. The molecule has 0 aliphatic carbocycles. The van der Waals surface area contributed by atoms with E-state index in [1.54, 1.807) is 29.6 Å². The van der Waals surface area contributed by atoms with Crippen molar-refractivity contribution in [2.24, 2.45) is 0 Å². The first-order chi connectivity index (χ1) is 16.6. The van der Waals surface area contributed by atoms with Crippen LogP contribution in [-0.4, -0.2) is 27.7 Å². The molecule has 4 rings (SSSR count). The van der Waals surface area contributed by atoms with Gasteiger partial charge in [-0.05, 0) is 55.5 Å². The van der Waals surface area contributed by atoms with Gasteiger partial charge in [0.25, 0.3) is 26.0 Å². The molecular weight excluding hydrogens is 508 g/mol. The van der Waals surface area contributed by atoms with Crippen molar-refractivity contribution in [3.05, 3.63) is 95.5 Å². The van der Waals surface area contributed by atoms with Crippen LogP contribution in [0.15, 0.2) is 94.2 Å². The Labute approximate surface area is 207 Å². The molecule has 0 atom stereocenters. The average molecular weight is 529 g/mol. The molecule has 1 heterocycles. The van der Waals surface area contributed by atoms with Gasteiger partial charge in [0.1, 0.15) is 0 Å². The third-order valence-corrected chi connectivity index (χ3v) is 8.38. The minimum Gasteiger partial charge on any atom is -0.322 e. The third kappa shape index (κ3) is 5.85. The van der Waals surface area contributed by atoms with Gasteiger partial charge >= 0.3 is 0 Å². The number of carbonyl (C=O) groups is 1. The second-order valence-electron chi connectivity index (χ2n) is 7.39. The lowest BCUT2D eigenvalue weighted by molar-refractivity contribution is 0.102. The van der Waals surface area contributed by atoms with Gasteiger partial charge in [0.2, 0.25) is 0 Å². The highest BCUT2D eigenvalue weighted by molar-refractivity contribution is 7.93. The maximum atomic E-state index is 12.9. The molecular formula is C23H20N4O5S3. The summed E-state index contributed by atoms with van der Waals surface area (Å²) in [6.07, 6.45) is 1.49. The topological polar surface area (TPSA) is 134 Å². The molecule has 0 unspecified atom stereocenters. The summed E-state index contributed by atoms with van der Waals surface area (Å²) in [6.45, 7) is 1.85. The molecule has 9 nitrogen and oxygen atoms in total. The molecule has 0 fully saturated rings. The number of thiazole rings is 1. The van der Waals surface area contributed by atoms with Crippen LogP contribution < -0.4 is 14.8 Å². The highest BCUT2D eigenvalue weighted by Gasteiger charge is 2.19. The number of para-hydroxylation sites is 1. The molecule has 0 spiro atoms. The minimum absolute atomic E-state index is 0.00282. The number of aromatic nitrogens is 1. The normalized spacial score (nSPS) is 11.6. The van der Waals surface area contributed by atoms with Crippen molar-refractivity contribution >= 4 is 53.8 Å². The van der Waals surface area contributed by atoms with E-state index in [0.717, 1.165) is 16.9 Å². The molecule has 3 N–H and O–H groups in total. The fourth-order valence-corrected chi connectivity index (χ4v) is 5.92. The fourth-order valence-electron chi connectivity index (χ4n) is 3.05. The first-order valence-corrected chi connectivity index (χ1v) is 14.0. The second kappa shape index (κ2) is 9.86. The Morgan fingerprint density at radius 3 is 2.03 bits per heavy atom. The Bertz CT molecular complexity index is 1550. The number of carbonyl (C=O) groups excluding carboxylic acids is 1. The zero-order valence-corrected chi connectivity index (χ0v) is 20.7. The number of benzene rings is 3. The molecule has 1 aromatic heterocycles. The monoisotopic (exact) mass is 528 g/mol. The molecule has 180 valence electrons. The lowest BCUT2D eigenvalue weighted by Gasteiger charge is -2.13. The number of rotatable bonds is 8. The molecule has 1 amide bonds. The number of hydrogen-bond acceptors (Lipinski definition) is 7.